The Morgan fingerprint density at radius 3 is 2.55 bits per heavy atom. The standard InChI is InChI=1S/C22H30ClNO5/c1-5-18(21(26)27-4)24-19(14-6-9-16(23)10-7-14)11-8-15(20(24)25)12-17-13-28-22(2,3)29-17/h6-7,9-10,15,17-19H,5,8,11-13H2,1-4H3. The number of halogens is 1. The van der Waals surface area contributed by atoms with E-state index in [0.717, 1.165) is 18.4 Å². The summed E-state index contributed by atoms with van der Waals surface area (Å²) in [6.45, 7) is 6.13. The number of methoxy groups -OCH3 is 1. The molecule has 0 aliphatic carbocycles. The number of nitrogens with zero attached hydrogens (tertiary/aromatic N) is 1. The van der Waals surface area contributed by atoms with E-state index in [1.54, 1.807) is 4.90 Å². The largest absolute Gasteiger partial charge is 0.467 e. The van der Waals surface area contributed by atoms with Crippen LogP contribution in [0.3, 0.4) is 0 Å². The molecule has 1 aromatic rings. The molecule has 0 bridgehead atoms. The number of ether oxygens (including phenoxy) is 3. The number of benzene rings is 1. The van der Waals surface area contributed by atoms with Crippen molar-refractivity contribution in [3.63, 3.8) is 0 Å². The maximum Gasteiger partial charge on any atom is 0.328 e. The number of carbonyl (C=O) groups is 2. The van der Waals surface area contributed by atoms with Gasteiger partial charge in [-0.1, -0.05) is 30.7 Å². The molecule has 7 heteroatoms. The van der Waals surface area contributed by atoms with Crippen molar-refractivity contribution in [2.75, 3.05) is 13.7 Å². The van der Waals surface area contributed by atoms with Crippen molar-refractivity contribution in [1.29, 1.82) is 0 Å². The van der Waals surface area contributed by atoms with Gasteiger partial charge in [0.2, 0.25) is 5.91 Å². The fourth-order valence-corrected chi connectivity index (χ4v) is 4.52. The van der Waals surface area contributed by atoms with Gasteiger partial charge in [0.25, 0.3) is 0 Å². The van der Waals surface area contributed by atoms with Crippen molar-refractivity contribution in [2.45, 2.75) is 70.4 Å². The third kappa shape index (κ3) is 4.93. The molecule has 2 saturated heterocycles. The summed E-state index contributed by atoms with van der Waals surface area (Å²) in [6, 6.07) is 6.68. The van der Waals surface area contributed by atoms with Gasteiger partial charge in [-0.15, -0.1) is 0 Å². The molecule has 4 unspecified atom stereocenters. The summed E-state index contributed by atoms with van der Waals surface area (Å²) in [4.78, 5) is 27.7. The Bertz CT molecular complexity index is 735. The monoisotopic (exact) mass is 423 g/mol. The van der Waals surface area contributed by atoms with Crippen molar-refractivity contribution in [3.05, 3.63) is 34.9 Å². The number of likely N-dealkylation sites (tertiary alicyclic amines) is 1. The van der Waals surface area contributed by atoms with E-state index in [-0.39, 0.29) is 29.9 Å². The molecule has 2 aliphatic rings. The first-order chi connectivity index (χ1) is 13.8. The second kappa shape index (κ2) is 9.02. The highest BCUT2D eigenvalue weighted by Gasteiger charge is 2.44. The van der Waals surface area contributed by atoms with Gasteiger partial charge in [-0.3, -0.25) is 4.79 Å². The molecule has 2 aliphatic heterocycles. The fourth-order valence-electron chi connectivity index (χ4n) is 4.40. The Labute approximate surface area is 177 Å². The zero-order valence-electron chi connectivity index (χ0n) is 17.5. The van der Waals surface area contributed by atoms with Crippen molar-refractivity contribution >= 4 is 23.5 Å². The first kappa shape index (κ1) is 22.1. The highest BCUT2D eigenvalue weighted by atomic mass is 35.5. The molecule has 3 rings (SSSR count). The van der Waals surface area contributed by atoms with Crippen molar-refractivity contribution in [3.8, 4) is 0 Å². The smallest absolute Gasteiger partial charge is 0.328 e. The molecule has 160 valence electrons. The lowest BCUT2D eigenvalue weighted by Crippen LogP contribution is -2.52. The average molecular weight is 424 g/mol. The SMILES string of the molecule is CCC(C(=O)OC)N1C(=O)C(CC2COC(C)(C)O2)CCC1c1ccc(Cl)cc1. The van der Waals surface area contributed by atoms with Crippen molar-refractivity contribution in [2.24, 2.45) is 5.92 Å². The number of hydrogen-bond donors (Lipinski definition) is 0. The second-order valence-electron chi connectivity index (χ2n) is 8.22. The zero-order chi connectivity index (χ0) is 21.2. The Morgan fingerprint density at radius 1 is 1.31 bits per heavy atom. The lowest BCUT2D eigenvalue weighted by molar-refractivity contribution is -0.162. The molecule has 2 fully saturated rings. The van der Waals surface area contributed by atoms with Crippen LogP contribution in [0.25, 0.3) is 0 Å². The quantitative estimate of drug-likeness (QED) is 0.644. The lowest BCUT2D eigenvalue weighted by atomic mass is 9.84. The normalized spacial score (nSPS) is 27.7. The van der Waals surface area contributed by atoms with Gasteiger partial charge in [0.15, 0.2) is 5.79 Å². The molecule has 1 amide bonds. The first-order valence-electron chi connectivity index (χ1n) is 10.2. The van der Waals surface area contributed by atoms with Crippen LogP contribution in [0.5, 0.6) is 0 Å². The van der Waals surface area contributed by atoms with E-state index in [1.807, 2.05) is 45.0 Å². The van der Waals surface area contributed by atoms with Crippen LogP contribution in [0, 0.1) is 5.92 Å². The van der Waals surface area contributed by atoms with E-state index in [9.17, 15) is 9.59 Å². The van der Waals surface area contributed by atoms with Crippen LogP contribution in [-0.4, -0.2) is 48.4 Å². The summed E-state index contributed by atoms with van der Waals surface area (Å²) in [5, 5.41) is 0.640. The number of hydrogen-bond acceptors (Lipinski definition) is 5. The highest BCUT2D eigenvalue weighted by Crippen LogP contribution is 2.39. The number of carbonyl (C=O) groups excluding carboxylic acids is 2. The van der Waals surface area contributed by atoms with Gasteiger partial charge in [-0.05, 0) is 57.2 Å². The van der Waals surface area contributed by atoms with Gasteiger partial charge in [0.1, 0.15) is 6.04 Å². The van der Waals surface area contributed by atoms with Crippen LogP contribution in [0.2, 0.25) is 5.02 Å². The molecule has 0 saturated carbocycles. The number of esters is 1. The number of rotatable bonds is 6. The van der Waals surface area contributed by atoms with E-state index >= 15 is 0 Å². The zero-order valence-corrected chi connectivity index (χ0v) is 18.3. The number of amides is 1. The van der Waals surface area contributed by atoms with Gasteiger partial charge < -0.3 is 19.1 Å². The maximum atomic E-state index is 13.5. The minimum absolute atomic E-state index is 0.0262. The Kier molecular flexibility index (Phi) is 6.87. The van der Waals surface area contributed by atoms with Gasteiger partial charge in [0.05, 0.1) is 25.9 Å². The van der Waals surface area contributed by atoms with Crippen LogP contribution in [0.15, 0.2) is 24.3 Å². The van der Waals surface area contributed by atoms with Crippen LogP contribution < -0.4 is 0 Å². The summed E-state index contributed by atoms with van der Waals surface area (Å²) < 4.78 is 16.6. The predicted octanol–water partition coefficient (Wildman–Crippen LogP) is 4.11. The van der Waals surface area contributed by atoms with E-state index < -0.39 is 11.8 Å². The van der Waals surface area contributed by atoms with Crippen LogP contribution in [0.1, 0.15) is 58.1 Å². The lowest BCUT2D eigenvalue weighted by Gasteiger charge is -2.43. The van der Waals surface area contributed by atoms with Gasteiger partial charge >= 0.3 is 5.97 Å². The van der Waals surface area contributed by atoms with E-state index in [1.165, 1.54) is 7.11 Å². The van der Waals surface area contributed by atoms with Crippen LogP contribution >= 0.6 is 11.6 Å². The molecular formula is C22H30ClNO5. The predicted molar refractivity (Wildman–Crippen MR) is 109 cm³/mol. The van der Waals surface area contributed by atoms with E-state index in [4.69, 9.17) is 25.8 Å². The Morgan fingerprint density at radius 2 is 2.00 bits per heavy atom. The molecule has 29 heavy (non-hydrogen) atoms. The summed E-state index contributed by atoms with van der Waals surface area (Å²) in [5.74, 6) is -1.24. The number of piperidine rings is 1. The topological polar surface area (TPSA) is 65.1 Å². The summed E-state index contributed by atoms with van der Waals surface area (Å²) in [5.41, 5.74) is 0.977. The molecule has 0 aromatic heterocycles. The molecule has 0 spiro atoms. The third-order valence-corrected chi connectivity index (χ3v) is 6.05. The second-order valence-corrected chi connectivity index (χ2v) is 8.66. The Hall–Kier alpha value is -1.63. The molecule has 2 heterocycles. The average Bonchev–Trinajstić information content (AvgIpc) is 3.04. The van der Waals surface area contributed by atoms with Gasteiger partial charge in [-0.25, -0.2) is 4.79 Å². The highest BCUT2D eigenvalue weighted by molar-refractivity contribution is 6.30. The molecule has 1 aromatic carbocycles. The molecule has 0 radical (unpaired) electrons. The fraction of sp³-hybridized carbons (Fsp3) is 0.636. The summed E-state index contributed by atoms with van der Waals surface area (Å²) >= 11 is 6.04. The van der Waals surface area contributed by atoms with E-state index in [0.29, 0.717) is 24.5 Å². The summed E-state index contributed by atoms with van der Waals surface area (Å²) in [7, 11) is 1.36. The molecule has 4 atom stereocenters. The van der Waals surface area contributed by atoms with Crippen molar-refractivity contribution in [1.82, 2.24) is 4.90 Å². The van der Waals surface area contributed by atoms with Crippen LogP contribution in [0.4, 0.5) is 0 Å². The third-order valence-electron chi connectivity index (χ3n) is 5.79. The molecular weight excluding hydrogens is 394 g/mol. The van der Waals surface area contributed by atoms with E-state index in [2.05, 4.69) is 0 Å². The van der Waals surface area contributed by atoms with Crippen molar-refractivity contribution < 1.29 is 23.8 Å². The minimum atomic E-state index is -0.619. The minimum Gasteiger partial charge on any atom is -0.467 e. The Balaban J connectivity index is 1.85. The van der Waals surface area contributed by atoms with Gasteiger partial charge in [-0.2, -0.15) is 0 Å². The van der Waals surface area contributed by atoms with Gasteiger partial charge in [0, 0.05) is 10.9 Å². The first-order valence-corrected chi connectivity index (χ1v) is 10.6. The summed E-state index contributed by atoms with van der Waals surface area (Å²) in [6.07, 6.45) is 2.46. The molecule has 0 N–H and O–H groups in total. The van der Waals surface area contributed by atoms with Crippen LogP contribution in [-0.2, 0) is 23.8 Å². The molecule has 6 nitrogen and oxygen atoms in total. The maximum absolute atomic E-state index is 13.5.